The van der Waals surface area contributed by atoms with Gasteiger partial charge in [-0.3, -0.25) is 0 Å². The number of methoxy groups -OCH3 is 1. The maximum Gasteiger partial charge on any atom is 0.227 e. The number of aryl methyl sites for hydroxylation is 2. The van der Waals surface area contributed by atoms with Crippen LogP contribution in [0.4, 0.5) is 17.3 Å². The summed E-state index contributed by atoms with van der Waals surface area (Å²) in [5.74, 6) is 1.29. The van der Waals surface area contributed by atoms with Crippen LogP contribution >= 0.6 is 0 Å². The lowest BCUT2D eigenvalue weighted by Crippen LogP contribution is -2.28. The van der Waals surface area contributed by atoms with Crippen molar-refractivity contribution < 1.29 is 6.16 Å². The van der Waals surface area contributed by atoms with Gasteiger partial charge in [0.25, 0.3) is 0 Å². The van der Waals surface area contributed by atoms with Gasteiger partial charge in [-0.05, 0) is 44.8 Å². The fourth-order valence-electron chi connectivity index (χ4n) is 4.06. The van der Waals surface area contributed by atoms with Crippen molar-refractivity contribution in [3.8, 4) is 17.0 Å². The fourth-order valence-corrected chi connectivity index (χ4v) is 4.06. The molecule has 2 heterocycles. The van der Waals surface area contributed by atoms with Crippen molar-refractivity contribution in [3.63, 3.8) is 0 Å². The molecule has 7 nitrogen and oxygen atoms in total. The van der Waals surface area contributed by atoms with E-state index in [0.717, 1.165) is 47.0 Å². The first-order valence-electron chi connectivity index (χ1n) is 12.1. The molecule has 0 amide bonds. The lowest BCUT2D eigenvalue weighted by molar-refractivity contribution is 0.413. The van der Waals surface area contributed by atoms with Crippen LogP contribution in [0.5, 0.6) is 5.75 Å². The predicted octanol–water partition coefficient (Wildman–Crippen LogP) is 5.97. The normalized spacial score (nSPS) is 10.8. The standard InChI is InChI=1S/C26H32N6O.C2H6.H2/c1-18-15-22(25(33-6)16-24(18)31(4)14-13-30(2)3)29-26-27-12-11-21(28-26)20-17-32(5)23-10-8-7-9-19(20)23;1-2;/h7-12,15-17H,13-14H2,1-6H3,(H,27,28,29);1-2H3;1H. The number of likely N-dealkylation sites (N-methyl/N-ethyl adjacent to an activating group) is 2. The number of nitrogens with one attached hydrogen (secondary N) is 1. The van der Waals surface area contributed by atoms with Crippen LogP contribution in [0.2, 0.25) is 0 Å². The average Bonchev–Trinajstić information content (AvgIpc) is 3.21. The largest absolute Gasteiger partial charge is 0.494 e. The van der Waals surface area contributed by atoms with Gasteiger partial charge in [-0.2, -0.15) is 0 Å². The fraction of sp³-hybridized carbons (Fsp3) is 0.357. The smallest absolute Gasteiger partial charge is 0.227 e. The molecule has 35 heavy (non-hydrogen) atoms. The number of hydrogen-bond donors (Lipinski definition) is 1. The predicted molar refractivity (Wildman–Crippen MR) is 150 cm³/mol. The van der Waals surface area contributed by atoms with Crippen molar-refractivity contribution in [1.82, 2.24) is 19.4 Å². The monoisotopic (exact) mass is 476 g/mol. The lowest BCUT2D eigenvalue weighted by atomic mass is 10.1. The molecule has 0 aliphatic rings. The highest BCUT2D eigenvalue weighted by atomic mass is 16.5. The highest BCUT2D eigenvalue weighted by Crippen LogP contribution is 2.35. The second kappa shape index (κ2) is 11.7. The first kappa shape index (κ1) is 26.0. The summed E-state index contributed by atoms with van der Waals surface area (Å²) in [6, 6.07) is 14.4. The molecule has 0 fully saturated rings. The molecule has 2 aromatic heterocycles. The topological polar surface area (TPSA) is 58.5 Å². The number of benzene rings is 2. The van der Waals surface area contributed by atoms with Crippen molar-refractivity contribution in [1.29, 1.82) is 0 Å². The second-order valence-corrected chi connectivity index (χ2v) is 8.63. The van der Waals surface area contributed by atoms with Crippen molar-refractivity contribution in [2.24, 2.45) is 7.05 Å². The zero-order chi connectivity index (χ0) is 25.5. The Morgan fingerprint density at radius 3 is 2.51 bits per heavy atom. The molecule has 0 aliphatic heterocycles. The van der Waals surface area contributed by atoms with E-state index in [0.29, 0.717) is 5.95 Å². The molecule has 1 N–H and O–H groups in total. The van der Waals surface area contributed by atoms with Crippen LogP contribution in [0.3, 0.4) is 0 Å². The van der Waals surface area contributed by atoms with Gasteiger partial charge in [0, 0.05) is 69.2 Å². The van der Waals surface area contributed by atoms with Gasteiger partial charge in [0.2, 0.25) is 5.95 Å². The van der Waals surface area contributed by atoms with E-state index in [2.05, 4.69) is 102 Å². The minimum Gasteiger partial charge on any atom is -0.494 e. The number of aromatic nitrogens is 3. The minimum absolute atomic E-state index is 0. The number of rotatable bonds is 8. The van der Waals surface area contributed by atoms with E-state index in [1.165, 1.54) is 10.9 Å². The average molecular weight is 477 g/mol. The summed E-state index contributed by atoms with van der Waals surface area (Å²) in [6.45, 7) is 8.02. The van der Waals surface area contributed by atoms with E-state index in [-0.39, 0.29) is 1.43 Å². The second-order valence-electron chi connectivity index (χ2n) is 8.63. The van der Waals surface area contributed by atoms with Crippen LogP contribution in [-0.2, 0) is 7.05 Å². The van der Waals surface area contributed by atoms with Gasteiger partial charge in [-0.1, -0.05) is 32.0 Å². The van der Waals surface area contributed by atoms with Gasteiger partial charge in [0.15, 0.2) is 0 Å². The zero-order valence-electron chi connectivity index (χ0n) is 22.3. The van der Waals surface area contributed by atoms with E-state index in [1.807, 2.05) is 19.9 Å². The molecule has 4 aromatic rings. The Balaban J connectivity index is 0.00000148. The van der Waals surface area contributed by atoms with Gasteiger partial charge < -0.3 is 24.4 Å². The SMILES string of the molecule is CC.COc1cc(N(C)CCN(C)C)c(C)cc1Nc1nccc(-c2cn(C)c3ccccc23)n1.[HH]. The molecule has 0 saturated carbocycles. The van der Waals surface area contributed by atoms with Gasteiger partial charge >= 0.3 is 0 Å². The van der Waals surface area contributed by atoms with E-state index < -0.39 is 0 Å². The summed E-state index contributed by atoms with van der Waals surface area (Å²) in [6.07, 6.45) is 3.90. The Hall–Kier alpha value is -3.58. The third kappa shape index (κ3) is 5.92. The summed E-state index contributed by atoms with van der Waals surface area (Å²) in [4.78, 5) is 13.7. The molecular weight excluding hydrogens is 436 g/mol. The van der Waals surface area contributed by atoms with E-state index >= 15 is 0 Å². The van der Waals surface area contributed by atoms with Gasteiger partial charge in [-0.15, -0.1) is 0 Å². The summed E-state index contributed by atoms with van der Waals surface area (Å²) in [5, 5.41) is 4.53. The van der Waals surface area contributed by atoms with Gasteiger partial charge in [-0.25, -0.2) is 9.97 Å². The number of ether oxygens (including phenoxy) is 1. The molecule has 0 spiro atoms. The lowest BCUT2D eigenvalue weighted by Gasteiger charge is -2.25. The van der Waals surface area contributed by atoms with Crippen LogP contribution < -0.4 is 15.0 Å². The molecule has 0 aliphatic carbocycles. The van der Waals surface area contributed by atoms with Crippen LogP contribution in [0.15, 0.2) is 54.9 Å². The molecule has 0 unspecified atom stereocenters. The molecule has 7 heteroatoms. The summed E-state index contributed by atoms with van der Waals surface area (Å²) < 4.78 is 7.83. The van der Waals surface area contributed by atoms with E-state index in [4.69, 9.17) is 9.72 Å². The Morgan fingerprint density at radius 1 is 1.06 bits per heavy atom. The molecule has 188 valence electrons. The van der Waals surface area contributed by atoms with Gasteiger partial charge in [0.1, 0.15) is 5.75 Å². The Kier molecular flexibility index (Phi) is 8.71. The first-order valence-corrected chi connectivity index (χ1v) is 12.1. The van der Waals surface area contributed by atoms with E-state index in [1.54, 1.807) is 13.3 Å². The maximum atomic E-state index is 5.71. The minimum atomic E-state index is 0. The third-order valence-electron chi connectivity index (χ3n) is 5.89. The quantitative estimate of drug-likeness (QED) is 0.338. The highest BCUT2D eigenvalue weighted by Gasteiger charge is 2.14. The summed E-state index contributed by atoms with van der Waals surface area (Å²) >= 11 is 0. The number of nitrogens with zero attached hydrogens (tertiary/aromatic N) is 5. The number of para-hydroxylation sites is 1. The molecule has 2 aromatic carbocycles. The van der Waals surface area contributed by atoms with Crippen LogP contribution in [0.25, 0.3) is 22.2 Å². The van der Waals surface area contributed by atoms with Crippen LogP contribution in [0, 0.1) is 6.92 Å². The maximum absolute atomic E-state index is 5.71. The molecule has 0 radical (unpaired) electrons. The van der Waals surface area contributed by atoms with Crippen molar-refractivity contribution in [2.75, 3.05) is 51.6 Å². The molecule has 0 bridgehead atoms. The Bertz CT molecular complexity index is 1270. The van der Waals surface area contributed by atoms with Gasteiger partial charge in [0.05, 0.1) is 18.5 Å². The number of anilines is 3. The number of fused-ring (bicyclic) bond motifs is 1. The molecular formula is C28H40N6O. The van der Waals surface area contributed by atoms with E-state index in [9.17, 15) is 0 Å². The Morgan fingerprint density at radius 2 is 1.80 bits per heavy atom. The first-order chi connectivity index (χ1) is 16.9. The molecule has 4 rings (SSSR count). The Labute approximate surface area is 210 Å². The number of hydrogen-bond acceptors (Lipinski definition) is 6. The third-order valence-corrected chi connectivity index (χ3v) is 5.89. The van der Waals surface area contributed by atoms with Crippen molar-refractivity contribution in [2.45, 2.75) is 20.8 Å². The summed E-state index contributed by atoms with van der Waals surface area (Å²) in [7, 11) is 10.0. The highest BCUT2D eigenvalue weighted by molar-refractivity contribution is 5.95. The molecule has 0 atom stereocenters. The summed E-state index contributed by atoms with van der Waals surface area (Å²) in [5.41, 5.74) is 6.27. The molecule has 0 saturated heterocycles. The van der Waals surface area contributed by atoms with Crippen LogP contribution in [-0.4, -0.2) is 60.8 Å². The van der Waals surface area contributed by atoms with Crippen molar-refractivity contribution >= 4 is 28.2 Å². The zero-order valence-corrected chi connectivity index (χ0v) is 22.3. The van der Waals surface area contributed by atoms with Crippen LogP contribution in [0.1, 0.15) is 20.8 Å². The van der Waals surface area contributed by atoms with Crippen molar-refractivity contribution in [3.05, 3.63) is 60.4 Å².